The Kier molecular flexibility index (Phi) is 4.97. The van der Waals surface area contributed by atoms with Gasteiger partial charge in [0.2, 0.25) is 5.89 Å². The first-order chi connectivity index (χ1) is 9.92. The molecule has 1 heterocycles. The molecule has 0 saturated carbocycles. The molecular weight excluding hydrogens is 316 g/mol. The van der Waals surface area contributed by atoms with E-state index in [2.05, 4.69) is 10.1 Å². The fourth-order valence-electron chi connectivity index (χ4n) is 1.75. The molecule has 0 unspecified atom stereocenters. The Balaban J connectivity index is 2.13. The quantitative estimate of drug-likeness (QED) is 0.867. The number of nitrogens with zero attached hydrogens (tertiary/aromatic N) is 2. The van der Waals surface area contributed by atoms with E-state index in [4.69, 9.17) is 21.2 Å². The van der Waals surface area contributed by atoms with Gasteiger partial charge in [0.05, 0.1) is 12.4 Å². The Morgan fingerprint density at radius 1 is 1.33 bits per heavy atom. The second kappa shape index (κ2) is 6.55. The van der Waals surface area contributed by atoms with Gasteiger partial charge in [-0.05, 0) is 24.6 Å². The van der Waals surface area contributed by atoms with Crippen molar-refractivity contribution >= 4 is 21.4 Å². The Hall–Kier alpha value is -1.44. The van der Waals surface area contributed by atoms with Crippen molar-refractivity contribution in [1.82, 2.24) is 10.1 Å². The van der Waals surface area contributed by atoms with Crippen LogP contribution in [0, 0.1) is 0 Å². The molecule has 1 atom stereocenters. The van der Waals surface area contributed by atoms with Crippen LogP contribution in [0.25, 0.3) is 0 Å². The van der Waals surface area contributed by atoms with E-state index in [0.717, 1.165) is 5.56 Å². The SMILES string of the molecule is C[C@H](c1nc(Cc2ccc(Cl)cc2)no1)S(=O)(=O)CCO. The van der Waals surface area contributed by atoms with Crippen LogP contribution >= 0.6 is 11.6 Å². The summed E-state index contributed by atoms with van der Waals surface area (Å²) >= 11 is 5.80. The molecule has 0 fully saturated rings. The maximum atomic E-state index is 11.8. The van der Waals surface area contributed by atoms with Crippen LogP contribution in [0.1, 0.15) is 29.5 Å². The van der Waals surface area contributed by atoms with Gasteiger partial charge in [-0.25, -0.2) is 8.42 Å². The zero-order valence-electron chi connectivity index (χ0n) is 11.4. The summed E-state index contributed by atoms with van der Waals surface area (Å²) in [5.74, 6) is 0.106. The molecule has 0 aliphatic carbocycles. The van der Waals surface area contributed by atoms with Crippen LogP contribution in [0.15, 0.2) is 28.8 Å². The van der Waals surface area contributed by atoms with Gasteiger partial charge in [0.1, 0.15) is 5.25 Å². The third-order valence-corrected chi connectivity index (χ3v) is 5.30. The van der Waals surface area contributed by atoms with E-state index in [1.165, 1.54) is 6.92 Å². The minimum Gasteiger partial charge on any atom is -0.395 e. The molecule has 114 valence electrons. The zero-order valence-corrected chi connectivity index (χ0v) is 12.9. The number of sulfone groups is 1. The molecule has 1 aromatic heterocycles. The molecule has 0 radical (unpaired) electrons. The van der Waals surface area contributed by atoms with Crippen molar-refractivity contribution in [2.75, 3.05) is 12.4 Å². The summed E-state index contributed by atoms with van der Waals surface area (Å²) in [5.41, 5.74) is 0.942. The highest BCUT2D eigenvalue weighted by molar-refractivity contribution is 7.91. The molecule has 0 amide bonds. The molecule has 0 aliphatic rings. The second-order valence-electron chi connectivity index (χ2n) is 4.58. The lowest BCUT2D eigenvalue weighted by molar-refractivity contribution is 0.318. The molecule has 0 spiro atoms. The topological polar surface area (TPSA) is 93.3 Å². The number of benzene rings is 1. The van der Waals surface area contributed by atoms with E-state index in [1.54, 1.807) is 12.1 Å². The van der Waals surface area contributed by atoms with Crippen molar-refractivity contribution in [2.45, 2.75) is 18.6 Å². The molecule has 21 heavy (non-hydrogen) atoms. The number of aliphatic hydroxyl groups is 1. The predicted molar refractivity (Wildman–Crippen MR) is 77.8 cm³/mol. The number of aliphatic hydroxyl groups excluding tert-OH is 1. The third-order valence-electron chi connectivity index (χ3n) is 3.02. The van der Waals surface area contributed by atoms with Crippen LogP contribution < -0.4 is 0 Å². The average Bonchev–Trinajstić information content (AvgIpc) is 2.89. The first-order valence-corrected chi connectivity index (χ1v) is 8.41. The lowest BCUT2D eigenvalue weighted by Gasteiger charge is -2.06. The smallest absolute Gasteiger partial charge is 0.244 e. The van der Waals surface area contributed by atoms with E-state index >= 15 is 0 Å². The lowest BCUT2D eigenvalue weighted by atomic mass is 10.1. The van der Waals surface area contributed by atoms with Gasteiger partial charge < -0.3 is 9.63 Å². The number of hydrogen-bond donors (Lipinski definition) is 1. The number of aromatic nitrogens is 2. The molecular formula is C13H15ClN2O4S. The molecule has 8 heteroatoms. The van der Waals surface area contributed by atoms with E-state index in [1.807, 2.05) is 12.1 Å². The molecule has 0 aliphatic heterocycles. The molecule has 0 bridgehead atoms. The molecule has 1 aromatic carbocycles. The molecule has 2 aromatic rings. The minimum absolute atomic E-state index is 0.0346. The standard InChI is InChI=1S/C13H15ClN2O4S/c1-9(21(18,19)7-6-17)13-15-12(16-20-13)8-10-2-4-11(14)5-3-10/h2-5,9,17H,6-8H2,1H3/t9-/m1/s1. The maximum Gasteiger partial charge on any atom is 0.244 e. The van der Waals surface area contributed by atoms with E-state index < -0.39 is 21.7 Å². The van der Waals surface area contributed by atoms with Gasteiger partial charge in [-0.2, -0.15) is 4.98 Å². The Bertz CT molecular complexity index is 697. The van der Waals surface area contributed by atoms with Gasteiger partial charge in [-0.1, -0.05) is 28.9 Å². The van der Waals surface area contributed by atoms with Crippen molar-refractivity contribution in [3.63, 3.8) is 0 Å². The largest absolute Gasteiger partial charge is 0.395 e. The summed E-state index contributed by atoms with van der Waals surface area (Å²) in [6.45, 7) is 1.03. The Morgan fingerprint density at radius 2 is 2.00 bits per heavy atom. The van der Waals surface area contributed by atoms with E-state index in [-0.39, 0.29) is 11.6 Å². The third kappa shape index (κ3) is 4.03. The van der Waals surface area contributed by atoms with Crippen LogP contribution in [-0.2, 0) is 16.3 Å². The van der Waals surface area contributed by atoms with Crippen molar-refractivity contribution in [3.8, 4) is 0 Å². The Morgan fingerprint density at radius 3 is 2.62 bits per heavy atom. The van der Waals surface area contributed by atoms with Gasteiger partial charge in [-0.15, -0.1) is 0 Å². The van der Waals surface area contributed by atoms with Gasteiger partial charge in [0.15, 0.2) is 15.7 Å². The monoisotopic (exact) mass is 330 g/mol. The average molecular weight is 331 g/mol. The van der Waals surface area contributed by atoms with Crippen LogP contribution in [-0.4, -0.2) is 36.0 Å². The van der Waals surface area contributed by atoms with Crippen LogP contribution in [0.4, 0.5) is 0 Å². The second-order valence-corrected chi connectivity index (χ2v) is 7.46. The summed E-state index contributed by atoms with van der Waals surface area (Å²) in [5, 5.41) is 12.2. The number of hydrogen-bond acceptors (Lipinski definition) is 6. The van der Waals surface area contributed by atoms with Crippen LogP contribution in [0.5, 0.6) is 0 Å². The Labute approximate surface area is 127 Å². The summed E-state index contributed by atoms with van der Waals surface area (Å²) < 4.78 is 28.7. The first-order valence-electron chi connectivity index (χ1n) is 6.31. The van der Waals surface area contributed by atoms with Gasteiger partial charge >= 0.3 is 0 Å². The fraction of sp³-hybridized carbons (Fsp3) is 0.385. The van der Waals surface area contributed by atoms with Crippen molar-refractivity contribution in [2.24, 2.45) is 0 Å². The van der Waals surface area contributed by atoms with Gasteiger partial charge in [-0.3, -0.25) is 0 Å². The first kappa shape index (κ1) is 15.9. The fourth-order valence-corrected chi connectivity index (χ4v) is 2.88. The van der Waals surface area contributed by atoms with E-state index in [9.17, 15) is 8.42 Å². The van der Waals surface area contributed by atoms with Crippen molar-refractivity contribution in [1.29, 1.82) is 0 Å². The predicted octanol–water partition coefficient (Wildman–Crippen LogP) is 1.78. The van der Waals surface area contributed by atoms with Crippen molar-refractivity contribution < 1.29 is 18.0 Å². The number of rotatable bonds is 6. The summed E-state index contributed by atoms with van der Waals surface area (Å²) in [4.78, 5) is 4.10. The highest BCUT2D eigenvalue weighted by Gasteiger charge is 2.27. The summed E-state index contributed by atoms with van der Waals surface area (Å²) in [6, 6.07) is 7.19. The number of halogens is 1. The van der Waals surface area contributed by atoms with Gasteiger partial charge in [0, 0.05) is 11.4 Å². The zero-order chi connectivity index (χ0) is 15.5. The highest BCUT2D eigenvalue weighted by Crippen LogP contribution is 2.21. The molecule has 2 rings (SSSR count). The molecule has 6 nitrogen and oxygen atoms in total. The van der Waals surface area contributed by atoms with Gasteiger partial charge in [0.25, 0.3) is 0 Å². The maximum absolute atomic E-state index is 11.8. The molecule has 1 N–H and O–H groups in total. The van der Waals surface area contributed by atoms with Crippen LogP contribution in [0.2, 0.25) is 5.02 Å². The molecule has 0 saturated heterocycles. The lowest BCUT2D eigenvalue weighted by Crippen LogP contribution is -2.17. The van der Waals surface area contributed by atoms with E-state index in [0.29, 0.717) is 17.3 Å². The summed E-state index contributed by atoms with van der Waals surface area (Å²) in [7, 11) is -3.49. The summed E-state index contributed by atoms with van der Waals surface area (Å²) in [6.07, 6.45) is 0.424. The highest BCUT2D eigenvalue weighted by atomic mass is 35.5. The van der Waals surface area contributed by atoms with Crippen molar-refractivity contribution in [3.05, 3.63) is 46.6 Å². The normalized spacial score (nSPS) is 13.3. The van der Waals surface area contributed by atoms with Crippen LogP contribution in [0.3, 0.4) is 0 Å². The minimum atomic E-state index is -3.49.